The Morgan fingerprint density at radius 1 is 0.917 bits per heavy atom. The number of hydrogen-bond donors (Lipinski definition) is 1. The summed E-state index contributed by atoms with van der Waals surface area (Å²) in [4.78, 5) is 0. The fourth-order valence-electron chi connectivity index (χ4n) is 3.86. The van der Waals surface area contributed by atoms with Crippen LogP contribution in [0.2, 0.25) is 10.0 Å². The minimum absolute atomic E-state index is 0.360. The molecular weight excluding hydrogens is 513 g/mol. The van der Waals surface area contributed by atoms with E-state index >= 15 is 0 Å². The maximum atomic E-state index is 6.35. The summed E-state index contributed by atoms with van der Waals surface area (Å²) in [7, 11) is 0. The normalized spacial score (nSPS) is 11.2. The van der Waals surface area contributed by atoms with Crippen LogP contribution in [0, 0.1) is 0 Å². The fraction of sp³-hybridized carbons (Fsp3) is 0.148. The number of thioether (sulfide) groups is 1. The van der Waals surface area contributed by atoms with E-state index in [0.717, 1.165) is 45.4 Å². The number of nitrogens with one attached hydrogen (secondary N) is 1. The minimum Gasteiger partial charge on any atom is -0.488 e. The summed E-state index contributed by atoms with van der Waals surface area (Å²) in [5.74, 6) is 1.64. The van der Waals surface area contributed by atoms with Crippen molar-refractivity contribution in [2.24, 2.45) is 0 Å². The van der Waals surface area contributed by atoms with Crippen LogP contribution >= 0.6 is 35.0 Å². The summed E-state index contributed by atoms with van der Waals surface area (Å²) >= 11 is 14.0. The lowest BCUT2D eigenvalue weighted by molar-refractivity contribution is 0.303. The van der Waals surface area contributed by atoms with Crippen LogP contribution in [0.25, 0.3) is 16.5 Å². The molecule has 9 heteroatoms. The van der Waals surface area contributed by atoms with E-state index in [0.29, 0.717) is 23.2 Å². The SMILES string of the molecule is Clc1ccc(COc2ccc3ccccc3c2CNCCSc2nnnn2-c2ccccc2)c(Cl)c1. The molecule has 0 saturated carbocycles. The second-order valence-electron chi connectivity index (χ2n) is 8.02. The van der Waals surface area contributed by atoms with Gasteiger partial charge in [-0.2, -0.15) is 4.68 Å². The number of fused-ring (bicyclic) bond motifs is 1. The van der Waals surface area contributed by atoms with Crippen LogP contribution in [-0.4, -0.2) is 32.5 Å². The molecule has 4 aromatic carbocycles. The molecule has 182 valence electrons. The maximum absolute atomic E-state index is 6.35. The zero-order valence-corrected chi connectivity index (χ0v) is 21.6. The molecule has 1 N–H and O–H groups in total. The lowest BCUT2D eigenvalue weighted by Crippen LogP contribution is -2.18. The number of rotatable bonds is 10. The van der Waals surface area contributed by atoms with Gasteiger partial charge in [0.1, 0.15) is 12.4 Å². The summed E-state index contributed by atoms with van der Waals surface area (Å²) < 4.78 is 7.98. The van der Waals surface area contributed by atoms with Crippen LogP contribution in [0.3, 0.4) is 0 Å². The Bertz CT molecular complexity index is 1460. The number of para-hydroxylation sites is 1. The average Bonchev–Trinajstić information content (AvgIpc) is 3.37. The Kier molecular flexibility index (Phi) is 8.03. The molecule has 0 radical (unpaired) electrons. The highest BCUT2D eigenvalue weighted by Crippen LogP contribution is 2.30. The third-order valence-corrected chi connectivity index (χ3v) is 7.16. The molecular formula is C27H23Cl2N5OS. The smallest absolute Gasteiger partial charge is 0.214 e. The second kappa shape index (κ2) is 11.8. The molecule has 1 heterocycles. The molecule has 36 heavy (non-hydrogen) atoms. The van der Waals surface area contributed by atoms with Gasteiger partial charge in [-0.05, 0) is 51.5 Å². The molecule has 1 aromatic heterocycles. The van der Waals surface area contributed by atoms with Crippen LogP contribution < -0.4 is 10.1 Å². The molecule has 5 aromatic rings. The zero-order chi connectivity index (χ0) is 24.7. The number of tetrazole rings is 1. The summed E-state index contributed by atoms with van der Waals surface area (Å²) in [5.41, 5.74) is 2.94. The Labute approximate surface area is 223 Å². The van der Waals surface area contributed by atoms with E-state index in [-0.39, 0.29) is 0 Å². The Balaban J connectivity index is 1.24. The predicted molar refractivity (Wildman–Crippen MR) is 146 cm³/mol. The van der Waals surface area contributed by atoms with Gasteiger partial charge in [-0.3, -0.25) is 0 Å². The van der Waals surface area contributed by atoms with Crippen molar-refractivity contribution in [3.05, 3.63) is 106 Å². The molecule has 0 amide bonds. The van der Waals surface area contributed by atoms with Gasteiger partial charge in [-0.15, -0.1) is 5.10 Å². The van der Waals surface area contributed by atoms with Gasteiger partial charge in [-0.1, -0.05) is 89.6 Å². The van der Waals surface area contributed by atoms with Gasteiger partial charge >= 0.3 is 0 Å². The number of aromatic nitrogens is 4. The van der Waals surface area contributed by atoms with E-state index in [4.69, 9.17) is 27.9 Å². The number of halogens is 2. The van der Waals surface area contributed by atoms with Crippen molar-refractivity contribution < 1.29 is 4.74 Å². The van der Waals surface area contributed by atoms with Gasteiger partial charge in [0.05, 0.1) is 5.69 Å². The largest absolute Gasteiger partial charge is 0.488 e. The van der Waals surface area contributed by atoms with Crippen LogP contribution in [-0.2, 0) is 13.2 Å². The highest BCUT2D eigenvalue weighted by Gasteiger charge is 2.12. The first-order chi connectivity index (χ1) is 17.7. The van der Waals surface area contributed by atoms with E-state index < -0.39 is 0 Å². The summed E-state index contributed by atoms with van der Waals surface area (Å²) in [6.45, 7) is 1.80. The number of ether oxygens (including phenoxy) is 1. The summed E-state index contributed by atoms with van der Waals surface area (Å²) in [6, 6.07) is 27.7. The highest BCUT2D eigenvalue weighted by molar-refractivity contribution is 7.99. The first kappa shape index (κ1) is 24.6. The van der Waals surface area contributed by atoms with Crippen molar-refractivity contribution in [2.45, 2.75) is 18.3 Å². The van der Waals surface area contributed by atoms with Gasteiger partial charge in [0, 0.05) is 40.0 Å². The van der Waals surface area contributed by atoms with E-state index in [1.165, 1.54) is 5.39 Å². The zero-order valence-electron chi connectivity index (χ0n) is 19.3. The van der Waals surface area contributed by atoms with Gasteiger partial charge in [0.15, 0.2) is 0 Å². The Morgan fingerprint density at radius 3 is 2.61 bits per heavy atom. The molecule has 0 unspecified atom stereocenters. The number of nitrogens with zero attached hydrogens (tertiary/aromatic N) is 4. The first-order valence-electron chi connectivity index (χ1n) is 11.4. The molecule has 0 aliphatic rings. The predicted octanol–water partition coefficient (Wildman–Crippen LogP) is 6.58. The molecule has 0 fully saturated rings. The number of benzene rings is 4. The van der Waals surface area contributed by atoms with Crippen LogP contribution in [0.1, 0.15) is 11.1 Å². The van der Waals surface area contributed by atoms with E-state index in [9.17, 15) is 0 Å². The van der Waals surface area contributed by atoms with Crippen molar-refractivity contribution in [1.29, 1.82) is 0 Å². The van der Waals surface area contributed by atoms with E-state index in [2.05, 4.69) is 39.0 Å². The second-order valence-corrected chi connectivity index (χ2v) is 9.93. The molecule has 0 spiro atoms. The molecule has 6 nitrogen and oxygen atoms in total. The minimum atomic E-state index is 0.360. The Morgan fingerprint density at radius 2 is 1.75 bits per heavy atom. The van der Waals surface area contributed by atoms with Gasteiger partial charge < -0.3 is 10.1 Å². The summed E-state index contributed by atoms with van der Waals surface area (Å²) in [6.07, 6.45) is 0. The van der Waals surface area contributed by atoms with Crippen molar-refractivity contribution in [2.75, 3.05) is 12.3 Å². The Hall–Kier alpha value is -3.10. The topological polar surface area (TPSA) is 64.9 Å². The molecule has 0 saturated heterocycles. The maximum Gasteiger partial charge on any atom is 0.214 e. The van der Waals surface area contributed by atoms with Gasteiger partial charge in [0.25, 0.3) is 0 Å². The standard InChI is InChI=1S/C27H23Cl2N5OS/c28-21-12-10-20(25(29)16-21)18-35-26-13-11-19-6-4-5-9-23(19)24(26)17-30-14-15-36-27-31-32-33-34(27)22-7-2-1-3-8-22/h1-13,16,30H,14-15,17-18H2. The summed E-state index contributed by atoms with van der Waals surface area (Å²) in [5, 5.41) is 20.0. The molecule has 5 rings (SSSR count). The van der Waals surface area contributed by atoms with Gasteiger partial charge in [-0.25, -0.2) is 0 Å². The lowest BCUT2D eigenvalue weighted by Gasteiger charge is -2.16. The third-order valence-electron chi connectivity index (χ3n) is 5.65. The molecule has 0 atom stereocenters. The molecule has 0 aliphatic carbocycles. The average molecular weight is 536 g/mol. The monoisotopic (exact) mass is 535 g/mol. The fourth-order valence-corrected chi connectivity index (χ4v) is 5.11. The lowest BCUT2D eigenvalue weighted by atomic mass is 10.0. The third kappa shape index (κ3) is 5.82. The highest BCUT2D eigenvalue weighted by atomic mass is 35.5. The van der Waals surface area contributed by atoms with Crippen LogP contribution in [0.5, 0.6) is 5.75 Å². The van der Waals surface area contributed by atoms with Crippen LogP contribution in [0.4, 0.5) is 0 Å². The van der Waals surface area contributed by atoms with E-state index in [1.54, 1.807) is 22.5 Å². The molecule has 0 aliphatic heterocycles. The van der Waals surface area contributed by atoms with Gasteiger partial charge in [0.2, 0.25) is 5.16 Å². The van der Waals surface area contributed by atoms with Crippen LogP contribution in [0.15, 0.2) is 90.1 Å². The van der Waals surface area contributed by atoms with Crippen molar-refractivity contribution in [1.82, 2.24) is 25.5 Å². The molecule has 0 bridgehead atoms. The van der Waals surface area contributed by atoms with Crippen molar-refractivity contribution in [3.8, 4) is 11.4 Å². The quantitative estimate of drug-likeness (QED) is 0.161. The van der Waals surface area contributed by atoms with E-state index in [1.807, 2.05) is 60.7 Å². The first-order valence-corrected chi connectivity index (χ1v) is 13.2. The number of hydrogen-bond acceptors (Lipinski definition) is 6. The van der Waals surface area contributed by atoms with Crippen molar-refractivity contribution in [3.63, 3.8) is 0 Å². The van der Waals surface area contributed by atoms with Crippen molar-refractivity contribution >= 4 is 45.7 Å².